The molecule has 2 atom stereocenters. The monoisotopic (exact) mass is 298 g/mol. The third-order valence-corrected chi connectivity index (χ3v) is 3.73. The van der Waals surface area contributed by atoms with Gasteiger partial charge < -0.3 is 10.0 Å². The van der Waals surface area contributed by atoms with Crippen molar-refractivity contribution in [1.29, 1.82) is 5.26 Å². The summed E-state index contributed by atoms with van der Waals surface area (Å²) in [6.07, 6.45) is -0.0641. The zero-order valence-corrected chi connectivity index (χ0v) is 12.1. The van der Waals surface area contributed by atoms with Crippen molar-refractivity contribution in [2.45, 2.75) is 25.5 Å². The molecule has 1 saturated heterocycles. The highest BCUT2D eigenvalue weighted by atomic mass is 19.1. The molecule has 112 valence electrons. The molecule has 1 aromatic heterocycles. The van der Waals surface area contributed by atoms with Crippen LogP contribution in [0.2, 0.25) is 0 Å². The maximum Gasteiger partial charge on any atom is 0.227 e. The molecule has 0 spiro atoms. The fourth-order valence-corrected chi connectivity index (χ4v) is 2.80. The lowest BCUT2D eigenvalue weighted by molar-refractivity contribution is 0.194. The van der Waals surface area contributed by atoms with Crippen LogP contribution >= 0.6 is 0 Å². The van der Waals surface area contributed by atoms with Crippen molar-refractivity contribution in [3.63, 3.8) is 0 Å². The van der Waals surface area contributed by atoms with Gasteiger partial charge in [-0.25, -0.2) is 14.4 Å². The highest BCUT2D eigenvalue weighted by molar-refractivity contribution is 5.42. The molecule has 0 saturated carbocycles. The third kappa shape index (κ3) is 2.76. The minimum atomic E-state index is -0.539. The maximum atomic E-state index is 13.5. The average molecular weight is 298 g/mol. The van der Waals surface area contributed by atoms with Gasteiger partial charge in [0.25, 0.3) is 0 Å². The lowest BCUT2D eigenvalue weighted by Crippen LogP contribution is -2.26. The number of aryl methyl sites for hydroxylation is 1. The van der Waals surface area contributed by atoms with E-state index in [2.05, 4.69) is 9.97 Å². The lowest BCUT2D eigenvalue weighted by atomic mass is 10.0. The molecule has 3 rings (SSSR count). The van der Waals surface area contributed by atoms with Crippen molar-refractivity contribution in [3.05, 3.63) is 53.1 Å². The van der Waals surface area contributed by atoms with Crippen LogP contribution in [0.1, 0.15) is 29.4 Å². The van der Waals surface area contributed by atoms with Gasteiger partial charge in [-0.3, -0.25) is 0 Å². The third-order valence-electron chi connectivity index (χ3n) is 3.73. The average Bonchev–Trinajstić information content (AvgIpc) is 2.88. The van der Waals surface area contributed by atoms with Gasteiger partial charge in [0.05, 0.1) is 12.1 Å². The first kappa shape index (κ1) is 14.4. The number of benzene rings is 1. The van der Waals surface area contributed by atoms with Gasteiger partial charge in [0.2, 0.25) is 5.95 Å². The Balaban J connectivity index is 2.01. The summed E-state index contributed by atoms with van der Waals surface area (Å²) in [6, 6.07) is 9.71. The highest BCUT2D eigenvalue weighted by Gasteiger charge is 2.34. The molecular formula is C16H15FN4O. The van der Waals surface area contributed by atoms with Crippen LogP contribution in [0.4, 0.5) is 10.3 Å². The van der Waals surface area contributed by atoms with Gasteiger partial charge in [-0.05, 0) is 37.1 Å². The number of halogens is 1. The van der Waals surface area contributed by atoms with Crippen LogP contribution in [-0.4, -0.2) is 27.7 Å². The first-order chi connectivity index (χ1) is 10.6. The second-order valence-electron chi connectivity index (χ2n) is 5.42. The lowest BCUT2D eigenvalue weighted by Gasteiger charge is -2.25. The van der Waals surface area contributed by atoms with Crippen LogP contribution in [0, 0.1) is 24.1 Å². The number of rotatable bonds is 2. The van der Waals surface area contributed by atoms with Gasteiger partial charge >= 0.3 is 0 Å². The molecule has 1 aromatic carbocycles. The smallest absolute Gasteiger partial charge is 0.227 e. The van der Waals surface area contributed by atoms with Gasteiger partial charge in [0, 0.05) is 12.2 Å². The van der Waals surface area contributed by atoms with Gasteiger partial charge in [-0.15, -0.1) is 0 Å². The number of β-amino-alcohol motifs (C(OH)–C–C–N with tert-alkyl or cyclic N) is 1. The highest BCUT2D eigenvalue weighted by Crippen LogP contribution is 2.35. The van der Waals surface area contributed by atoms with Gasteiger partial charge in [-0.1, -0.05) is 12.1 Å². The van der Waals surface area contributed by atoms with Crippen LogP contribution < -0.4 is 4.90 Å². The number of hydrogen-bond donors (Lipinski definition) is 1. The molecule has 1 N–H and O–H groups in total. The molecule has 0 aliphatic carbocycles. The molecule has 5 nitrogen and oxygen atoms in total. The van der Waals surface area contributed by atoms with Crippen LogP contribution in [0.5, 0.6) is 0 Å². The number of aliphatic hydroxyl groups is 1. The predicted octanol–water partition coefficient (Wildman–Crippen LogP) is 2.11. The fraction of sp³-hybridized carbons (Fsp3) is 0.312. The maximum absolute atomic E-state index is 13.5. The fourth-order valence-electron chi connectivity index (χ4n) is 2.80. The molecule has 2 heterocycles. The van der Waals surface area contributed by atoms with Crippen molar-refractivity contribution in [1.82, 2.24) is 9.97 Å². The topological polar surface area (TPSA) is 73.0 Å². The summed E-state index contributed by atoms with van der Waals surface area (Å²) in [4.78, 5) is 10.4. The van der Waals surface area contributed by atoms with Crippen LogP contribution in [0.3, 0.4) is 0 Å². The van der Waals surface area contributed by atoms with E-state index in [1.54, 1.807) is 19.1 Å². The Morgan fingerprint density at radius 2 is 2.18 bits per heavy atom. The molecule has 1 aliphatic heterocycles. The Bertz CT molecular complexity index is 743. The van der Waals surface area contributed by atoms with E-state index in [-0.39, 0.29) is 17.6 Å². The number of hydrogen-bond acceptors (Lipinski definition) is 5. The van der Waals surface area contributed by atoms with Gasteiger partial charge in [-0.2, -0.15) is 5.26 Å². The van der Waals surface area contributed by atoms with E-state index >= 15 is 0 Å². The van der Waals surface area contributed by atoms with Crippen molar-refractivity contribution in [3.8, 4) is 6.07 Å². The first-order valence-corrected chi connectivity index (χ1v) is 7.03. The van der Waals surface area contributed by atoms with Crippen LogP contribution in [0.15, 0.2) is 30.3 Å². The minimum Gasteiger partial charge on any atom is -0.391 e. The Hall–Kier alpha value is -2.52. The van der Waals surface area contributed by atoms with E-state index in [0.29, 0.717) is 24.6 Å². The summed E-state index contributed by atoms with van der Waals surface area (Å²) in [5.74, 6) is 0.0732. The Morgan fingerprint density at radius 1 is 1.36 bits per heavy atom. The van der Waals surface area contributed by atoms with E-state index in [4.69, 9.17) is 5.26 Å². The molecule has 1 aliphatic rings. The molecule has 0 bridgehead atoms. The summed E-state index contributed by atoms with van der Waals surface area (Å²) in [5, 5.41) is 19.0. The second kappa shape index (κ2) is 5.70. The second-order valence-corrected chi connectivity index (χ2v) is 5.42. The molecule has 1 fully saturated rings. The summed E-state index contributed by atoms with van der Waals surface area (Å²) in [5.41, 5.74) is 1.72. The summed E-state index contributed by atoms with van der Waals surface area (Å²) >= 11 is 0. The number of anilines is 1. The molecule has 6 heteroatoms. The quantitative estimate of drug-likeness (QED) is 0.919. The van der Waals surface area contributed by atoms with E-state index in [1.807, 2.05) is 17.0 Å². The molecule has 22 heavy (non-hydrogen) atoms. The van der Waals surface area contributed by atoms with Crippen molar-refractivity contribution < 1.29 is 9.50 Å². The Labute approximate surface area is 127 Å². The molecule has 0 amide bonds. The number of aromatic nitrogens is 2. The summed E-state index contributed by atoms with van der Waals surface area (Å²) < 4.78 is 13.5. The zero-order valence-electron chi connectivity index (χ0n) is 12.1. The Kier molecular flexibility index (Phi) is 3.73. The molecule has 0 radical (unpaired) electrons. The normalized spacial score (nSPS) is 20.9. The largest absolute Gasteiger partial charge is 0.391 e. The number of nitrogens with zero attached hydrogens (tertiary/aromatic N) is 4. The predicted molar refractivity (Wildman–Crippen MR) is 78.6 cm³/mol. The summed E-state index contributed by atoms with van der Waals surface area (Å²) in [6.45, 7) is 2.14. The zero-order chi connectivity index (χ0) is 15.7. The summed E-state index contributed by atoms with van der Waals surface area (Å²) in [7, 11) is 0. The Morgan fingerprint density at radius 3 is 2.91 bits per heavy atom. The van der Waals surface area contributed by atoms with E-state index in [1.165, 1.54) is 12.1 Å². The standard InChI is InChI=1S/C16H15FN4O/c1-10-5-13(8-18)20-16(19-10)21-9-14(22)7-15(21)11-3-2-4-12(17)6-11/h2-6,14-15,22H,7,9H2,1H3/t14-,15+/m0/s1. The van der Waals surface area contributed by atoms with E-state index in [0.717, 1.165) is 5.56 Å². The van der Waals surface area contributed by atoms with Crippen LogP contribution in [0.25, 0.3) is 0 Å². The van der Waals surface area contributed by atoms with E-state index in [9.17, 15) is 9.50 Å². The first-order valence-electron chi connectivity index (χ1n) is 7.03. The van der Waals surface area contributed by atoms with Gasteiger partial charge in [0.15, 0.2) is 0 Å². The van der Waals surface area contributed by atoms with Crippen LogP contribution in [-0.2, 0) is 0 Å². The van der Waals surface area contributed by atoms with Crippen molar-refractivity contribution >= 4 is 5.95 Å². The number of aliphatic hydroxyl groups excluding tert-OH is 1. The molecule has 2 aromatic rings. The molecule has 0 unspecified atom stereocenters. The van der Waals surface area contributed by atoms with Crippen molar-refractivity contribution in [2.24, 2.45) is 0 Å². The number of nitriles is 1. The SMILES string of the molecule is Cc1cc(C#N)nc(N2C[C@@H](O)C[C@@H]2c2cccc(F)c2)n1. The molecular weight excluding hydrogens is 283 g/mol. The minimum absolute atomic E-state index is 0.209. The van der Waals surface area contributed by atoms with Gasteiger partial charge in [0.1, 0.15) is 17.6 Å². The van der Waals surface area contributed by atoms with Crippen molar-refractivity contribution in [2.75, 3.05) is 11.4 Å². The van der Waals surface area contributed by atoms with E-state index < -0.39 is 6.10 Å².